The number of hydrogen-bond donors (Lipinski definition) is 2. The van der Waals surface area contributed by atoms with Crippen LogP contribution in [-0.2, 0) is 0 Å². The predicted molar refractivity (Wildman–Crippen MR) is 67.6 cm³/mol. The smallest absolute Gasteiger partial charge is 0.335 e. The molecule has 3 N–H and O–H groups in total. The van der Waals surface area contributed by atoms with Crippen molar-refractivity contribution in [2.75, 3.05) is 5.73 Å². The summed E-state index contributed by atoms with van der Waals surface area (Å²) in [7, 11) is 0. The van der Waals surface area contributed by atoms with E-state index in [-0.39, 0.29) is 11.5 Å². The Kier molecular flexibility index (Phi) is 2.38. The van der Waals surface area contributed by atoms with Gasteiger partial charge in [-0.3, -0.25) is 0 Å². The zero-order valence-corrected chi connectivity index (χ0v) is 9.69. The zero-order chi connectivity index (χ0) is 13.4. The molecule has 2 heterocycles. The van der Waals surface area contributed by atoms with Crippen molar-refractivity contribution in [3.05, 3.63) is 42.1 Å². The number of aromatic nitrogens is 4. The Morgan fingerprint density at radius 3 is 2.63 bits per heavy atom. The van der Waals surface area contributed by atoms with Crippen LogP contribution in [-0.4, -0.2) is 30.7 Å². The maximum absolute atomic E-state index is 10.8. The van der Waals surface area contributed by atoms with Crippen LogP contribution >= 0.6 is 0 Å². The summed E-state index contributed by atoms with van der Waals surface area (Å²) in [6.07, 6.45) is 1.60. The molecule has 0 unspecified atom stereocenters. The molecule has 1 aromatic carbocycles. The lowest BCUT2D eigenvalue weighted by atomic mass is 10.1. The van der Waals surface area contributed by atoms with Crippen molar-refractivity contribution in [1.29, 1.82) is 0 Å². The van der Waals surface area contributed by atoms with Crippen molar-refractivity contribution < 1.29 is 9.90 Å². The van der Waals surface area contributed by atoms with Gasteiger partial charge >= 0.3 is 5.97 Å². The van der Waals surface area contributed by atoms with E-state index in [1.54, 1.807) is 24.4 Å². The number of carboxylic acid groups (broad SMARTS) is 1. The summed E-state index contributed by atoms with van der Waals surface area (Å²) < 4.78 is 1.52. The van der Waals surface area contributed by atoms with Gasteiger partial charge in [0.1, 0.15) is 0 Å². The molecule has 3 aromatic rings. The molecular formula is C12H9N5O2. The minimum atomic E-state index is -0.962. The number of carbonyl (C=O) groups is 1. The molecule has 0 fully saturated rings. The van der Waals surface area contributed by atoms with Crippen LogP contribution in [0.5, 0.6) is 0 Å². The number of nitrogens with zero attached hydrogens (tertiary/aromatic N) is 4. The highest BCUT2D eigenvalue weighted by Gasteiger charge is 2.09. The SMILES string of the molecule is Nc1nc2nccc(-c3ccc(C(=O)O)cc3)n2n1. The van der Waals surface area contributed by atoms with Crippen LogP contribution in [0, 0.1) is 0 Å². The van der Waals surface area contributed by atoms with Crippen molar-refractivity contribution in [1.82, 2.24) is 19.6 Å². The van der Waals surface area contributed by atoms with E-state index in [9.17, 15) is 4.79 Å². The minimum absolute atomic E-state index is 0.141. The first-order valence-corrected chi connectivity index (χ1v) is 5.46. The van der Waals surface area contributed by atoms with Gasteiger partial charge in [0.2, 0.25) is 5.95 Å². The van der Waals surface area contributed by atoms with Crippen LogP contribution in [0.15, 0.2) is 36.5 Å². The highest BCUT2D eigenvalue weighted by atomic mass is 16.4. The molecule has 0 spiro atoms. The lowest BCUT2D eigenvalue weighted by Crippen LogP contribution is -1.98. The average molecular weight is 255 g/mol. The number of benzene rings is 1. The van der Waals surface area contributed by atoms with E-state index in [1.807, 2.05) is 0 Å². The summed E-state index contributed by atoms with van der Waals surface area (Å²) >= 11 is 0. The number of rotatable bonds is 2. The van der Waals surface area contributed by atoms with Gasteiger partial charge < -0.3 is 10.8 Å². The predicted octanol–water partition coefficient (Wildman–Crippen LogP) is 1.07. The first-order chi connectivity index (χ1) is 9.15. The largest absolute Gasteiger partial charge is 0.478 e. The molecule has 0 saturated carbocycles. The first kappa shape index (κ1) is 11.1. The molecule has 0 bridgehead atoms. The van der Waals surface area contributed by atoms with E-state index in [2.05, 4.69) is 15.1 Å². The molecule has 0 radical (unpaired) electrons. The van der Waals surface area contributed by atoms with Crippen molar-refractivity contribution in [3.8, 4) is 11.3 Å². The highest BCUT2D eigenvalue weighted by molar-refractivity contribution is 5.88. The van der Waals surface area contributed by atoms with Gasteiger partial charge in [0, 0.05) is 11.8 Å². The van der Waals surface area contributed by atoms with E-state index < -0.39 is 5.97 Å². The van der Waals surface area contributed by atoms with Gasteiger partial charge in [-0.25, -0.2) is 9.78 Å². The third-order valence-corrected chi connectivity index (χ3v) is 2.68. The molecule has 0 saturated heterocycles. The van der Waals surface area contributed by atoms with E-state index in [4.69, 9.17) is 10.8 Å². The fraction of sp³-hybridized carbons (Fsp3) is 0. The summed E-state index contributed by atoms with van der Waals surface area (Å²) in [5, 5.41) is 12.9. The van der Waals surface area contributed by atoms with Gasteiger partial charge in [-0.15, -0.1) is 5.10 Å². The molecular weight excluding hydrogens is 246 g/mol. The van der Waals surface area contributed by atoms with Crippen LogP contribution in [0.25, 0.3) is 17.0 Å². The van der Waals surface area contributed by atoms with Crippen LogP contribution in [0.1, 0.15) is 10.4 Å². The van der Waals surface area contributed by atoms with Crippen molar-refractivity contribution in [2.45, 2.75) is 0 Å². The molecule has 2 aromatic heterocycles. The van der Waals surface area contributed by atoms with E-state index in [0.717, 1.165) is 11.3 Å². The quantitative estimate of drug-likeness (QED) is 0.709. The Morgan fingerprint density at radius 1 is 1.21 bits per heavy atom. The lowest BCUT2D eigenvalue weighted by Gasteiger charge is -2.03. The summed E-state index contributed by atoms with van der Waals surface area (Å²) in [4.78, 5) is 18.8. The Hall–Kier alpha value is -2.96. The van der Waals surface area contributed by atoms with Gasteiger partial charge in [0.05, 0.1) is 11.3 Å². The van der Waals surface area contributed by atoms with Crippen LogP contribution in [0.3, 0.4) is 0 Å². The minimum Gasteiger partial charge on any atom is -0.478 e. The number of nitrogen functional groups attached to an aromatic ring is 1. The fourth-order valence-electron chi connectivity index (χ4n) is 1.81. The van der Waals surface area contributed by atoms with Gasteiger partial charge in [-0.05, 0) is 18.2 Å². The molecule has 0 aliphatic carbocycles. The molecule has 94 valence electrons. The van der Waals surface area contributed by atoms with E-state index in [0.29, 0.717) is 5.78 Å². The molecule has 0 amide bonds. The molecule has 7 nitrogen and oxygen atoms in total. The highest BCUT2D eigenvalue weighted by Crippen LogP contribution is 2.20. The Bertz CT molecular complexity index is 763. The number of hydrogen-bond acceptors (Lipinski definition) is 5. The Balaban J connectivity index is 2.15. The van der Waals surface area contributed by atoms with Crippen LogP contribution in [0.4, 0.5) is 5.95 Å². The van der Waals surface area contributed by atoms with E-state index >= 15 is 0 Å². The third-order valence-electron chi connectivity index (χ3n) is 2.68. The summed E-state index contributed by atoms with van der Waals surface area (Å²) in [6, 6.07) is 8.23. The van der Waals surface area contributed by atoms with Gasteiger partial charge in [-0.1, -0.05) is 12.1 Å². The number of nitrogens with two attached hydrogens (primary N) is 1. The van der Waals surface area contributed by atoms with Crippen LogP contribution in [0.2, 0.25) is 0 Å². The second kappa shape index (κ2) is 4.05. The van der Waals surface area contributed by atoms with Crippen molar-refractivity contribution >= 4 is 17.7 Å². The fourth-order valence-corrected chi connectivity index (χ4v) is 1.81. The summed E-state index contributed by atoms with van der Waals surface area (Å²) in [5.41, 5.74) is 7.32. The van der Waals surface area contributed by atoms with Crippen LogP contribution < -0.4 is 5.73 Å². The zero-order valence-electron chi connectivity index (χ0n) is 9.69. The number of fused-ring (bicyclic) bond motifs is 1. The normalized spacial score (nSPS) is 10.7. The monoisotopic (exact) mass is 255 g/mol. The molecule has 0 aliphatic heterocycles. The maximum atomic E-state index is 10.8. The summed E-state index contributed by atoms with van der Waals surface area (Å²) in [5.74, 6) is -0.421. The first-order valence-electron chi connectivity index (χ1n) is 5.46. The molecule has 7 heteroatoms. The maximum Gasteiger partial charge on any atom is 0.335 e. The molecule has 0 atom stereocenters. The lowest BCUT2D eigenvalue weighted by molar-refractivity contribution is 0.0697. The Morgan fingerprint density at radius 2 is 1.95 bits per heavy atom. The standard InChI is InChI=1S/C12H9N5O2/c13-11-15-12-14-6-5-9(17(12)16-11)7-1-3-8(4-2-7)10(18)19/h1-6H,(H2,13,16)(H,18,19). The third kappa shape index (κ3) is 1.86. The number of anilines is 1. The number of carboxylic acids is 1. The topological polar surface area (TPSA) is 106 Å². The van der Waals surface area contributed by atoms with E-state index in [1.165, 1.54) is 16.6 Å². The van der Waals surface area contributed by atoms with Gasteiger partial charge in [0.25, 0.3) is 5.78 Å². The Labute approximate surface area is 107 Å². The van der Waals surface area contributed by atoms with Crippen molar-refractivity contribution in [2.24, 2.45) is 0 Å². The van der Waals surface area contributed by atoms with Crippen molar-refractivity contribution in [3.63, 3.8) is 0 Å². The molecule has 0 aliphatic rings. The van der Waals surface area contributed by atoms with Gasteiger partial charge in [-0.2, -0.15) is 9.50 Å². The summed E-state index contributed by atoms with van der Waals surface area (Å²) in [6.45, 7) is 0. The molecule has 19 heavy (non-hydrogen) atoms. The molecule has 3 rings (SSSR count). The second-order valence-electron chi connectivity index (χ2n) is 3.89. The van der Waals surface area contributed by atoms with Gasteiger partial charge in [0.15, 0.2) is 0 Å². The second-order valence-corrected chi connectivity index (χ2v) is 3.89. The number of aromatic carboxylic acids is 1. The average Bonchev–Trinajstić information content (AvgIpc) is 2.78.